The Morgan fingerprint density at radius 2 is 1.97 bits per heavy atom. The predicted molar refractivity (Wildman–Crippen MR) is 122 cm³/mol. The number of rotatable bonds is 4. The average Bonchev–Trinajstić information content (AvgIpc) is 3.40. The largest absolute Gasteiger partial charge is 0.383 e. The molecule has 9 heteroatoms. The molecular formula is C24H22F2N6O. The third-order valence-electron chi connectivity index (χ3n) is 5.86. The Balaban J connectivity index is 1.45. The van der Waals surface area contributed by atoms with Crippen LogP contribution in [0.15, 0.2) is 42.6 Å². The van der Waals surface area contributed by atoms with Gasteiger partial charge in [0.05, 0.1) is 18.0 Å². The number of hydrogen-bond donors (Lipinski definition) is 1. The first-order chi connectivity index (χ1) is 15.8. The van der Waals surface area contributed by atoms with E-state index in [1.807, 2.05) is 32.0 Å². The standard InChI is InChI=1S/C24H22F2N6O/c1-13(2)32-24-18(12-28-32)22(27)29-23(30-24)15-3-6-20-14(9-15)7-8-31(20)21(33)11-16-10-17(25)4-5-19(16)26/h3-6,9-10,12-13H,7-8,11H2,1-2H3,(H2,27,29,30). The molecule has 0 saturated heterocycles. The molecule has 2 aromatic heterocycles. The van der Waals surface area contributed by atoms with Gasteiger partial charge in [-0.15, -0.1) is 0 Å². The fraction of sp³-hybridized carbons (Fsp3) is 0.250. The van der Waals surface area contributed by atoms with Gasteiger partial charge in [-0.3, -0.25) is 4.79 Å². The zero-order chi connectivity index (χ0) is 23.3. The molecule has 1 amide bonds. The van der Waals surface area contributed by atoms with Crippen LogP contribution in [0.2, 0.25) is 0 Å². The van der Waals surface area contributed by atoms with E-state index < -0.39 is 11.6 Å². The first-order valence-corrected chi connectivity index (χ1v) is 10.7. The lowest BCUT2D eigenvalue weighted by atomic mass is 10.1. The molecule has 0 spiro atoms. The number of halogens is 2. The van der Waals surface area contributed by atoms with Crippen LogP contribution >= 0.6 is 0 Å². The van der Waals surface area contributed by atoms with Gasteiger partial charge in [0.15, 0.2) is 11.5 Å². The van der Waals surface area contributed by atoms with Crippen LogP contribution < -0.4 is 10.6 Å². The summed E-state index contributed by atoms with van der Waals surface area (Å²) in [4.78, 5) is 23.6. The maximum Gasteiger partial charge on any atom is 0.231 e. The minimum atomic E-state index is -0.592. The molecule has 0 unspecified atom stereocenters. The third-order valence-corrected chi connectivity index (χ3v) is 5.86. The minimum Gasteiger partial charge on any atom is -0.383 e. The quantitative estimate of drug-likeness (QED) is 0.508. The summed E-state index contributed by atoms with van der Waals surface area (Å²) in [6.45, 7) is 4.50. The molecule has 0 fully saturated rings. The highest BCUT2D eigenvalue weighted by Crippen LogP contribution is 2.33. The normalized spacial score (nSPS) is 13.2. The van der Waals surface area contributed by atoms with Gasteiger partial charge in [-0.25, -0.2) is 23.4 Å². The zero-order valence-corrected chi connectivity index (χ0v) is 18.2. The highest BCUT2D eigenvalue weighted by molar-refractivity contribution is 5.97. The number of hydrogen-bond acceptors (Lipinski definition) is 5. The molecule has 0 saturated carbocycles. The summed E-state index contributed by atoms with van der Waals surface area (Å²) < 4.78 is 29.3. The summed E-state index contributed by atoms with van der Waals surface area (Å²) in [7, 11) is 0. The molecule has 1 aliphatic rings. The van der Waals surface area contributed by atoms with Crippen LogP contribution in [0, 0.1) is 11.6 Å². The Hall–Kier alpha value is -3.88. The van der Waals surface area contributed by atoms with Crippen molar-refractivity contribution in [2.75, 3.05) is 17.2 Å². The smallest absolute Gasteiger partial charge is 0.231 e. The molecule has 7 nitrogen and oxygen atoms in total. The number of aromatic nitrogens is 4. The fourth-order valence-corrected chi connectivity index (χ4v) is 4.19. The van der Waals surface area contributed by atoms with Crippen LogP contribution in [-0.2, 0) is 17.6 Å². The van der Waals surface area contributed by atoms with Crippen LogP contribution in [-0.4, -0.2) is 32.2 Å². The van der Waals surface area contributed by atoms with Crippen molar-refractivity contribution >= 4 is 28.4 Å². The molecule has 3 heterocycles. The number of nitrogens with two attached hydrogens (primary N) is 1. The van der Waals surface area contributed by atoms with E-state index in [1.165, 1.54) is 0 Å². The van der Waals surface area contributed by atoms with Gasteiger partial charge < -0.3 is 10.6 Å². The fourth-order valence-electron chi connectivity index (χ4n) is 4.19. The molecule has 5 rings (SSSR count). The molecule has 0 aliphatic carbocycles. The van der Waals surface area contributed by atoms with Crippen LogP contribution in [0.1, 0.15) is 31.0 Å². The number of carbonyl (C=O) groups excluding carboxylic acids is 1. The number of carbonyl (C=O) groups is 1. The molecule has 1 aliphatic heterocycles. The second-order valence-corrected chi connectivity index (χ2v) is 8.40. The van der Waals surface area contributed by atoms with Gasteiger partial charge in [0, 0.05) is 29.4 Å². The first-order valence-electron chi connectivity index (χ1n) is 10.7. The highest BCUT2D eigenvalue weighted by Gasteiger charge is 2.26. The molecule has 0 atom stereocenters. The van der Waals surface area contributed by atoms with Gasteiger partial charge in [-0.1, -0.05) is 0 Å². The van der Waals surface area contributed by atoms with Gasteiger partial charge in [0.25, 0.3) is 0 Å². The van der Waals surface area contributed by atoms with E-state index in [0.29, 0.717) is 35.6 Å². The zero-order valence-electron chi connectivity index (χ0n) is 18.2. The second kappa shape index (κ2) is 7.91. The lowest BCUT2D eigenvalue weighted by Gasteiger charge is -2.18. The van der Waals surface area contributed by atoms with Gasteiger partial charge in [0.2, 0.25) is 5.91 Å². The first kappa shape index (κ1) is 21.0. The van der Waals surface area contributed by atoms with Crippen molar-refractivity contribution in [3.63, 3.8) is 0 Å². The van der Waals surface area contributed by atoms with Gasteiger partial charge >= 0.3 is 0 Å². The molecule has 33 heavy (non-hydrogen) atoms. The number of benzene rings is 2. The molecule has 0 radical (unpaired) electrons. The summed E-state index contributed by atoms with van der Waals surface area (Å²) in [6.07, 6.45) is 2.10. The second-order valence-electron chi connectivity index (χ2n) is 8.40. The Bertz CT molecular complexity index is 1400. The molecular weight excluding hydrogens is 426 g/mol. The van der Waals surface area contributed by atoms with Gasteiger partial charge in [-0.2, -0.15) is 5.10 Å². The third kappa shape index (κ3) is 3.69. The molecule has 2 N–H and O–H groups in total. The molecule has 2 aromatic carbocycles. The SMILES string of the molecule is CC(C)n1ncc2c(N)nc(-c3ccc4c(c3)CCN4C(=O)Cc3cc(F)ccc3F)nc21. The van der Waals surface area contributed by atoms with E-state index in [4.69, 9.17) is 10.7 Å². The Morgan fingerprint density at radius 3 is 2.76 bits per heavy atom. The van der Waals surface area contributed by atoms with E-state index in [-0.39, 0.29) is 23.9 Å². The highest BCUT2D eigenvalue weighted by atomic mass is 19.1. The van der Waals surface area contributed by atoms with Crippen molar-refractivity contribution in [2.24, 2.45) is 0 Å². The van der Waals surface area contributed by atoms with E-state index in [2.05, 4.69) is 10.1 Å². The van der Waals surface area contributed by atoms with Crippen molar-refractivity contribution in [2.45, 2.75) is 32.7 Å². The van der Waals surface area contributed by atoms with Gasteiger partial charge in [0.1, 0.15) is 17.5 Å². The van der Waals surface area contributed by atoms with Crippen molar-refractivity contribution in [1.82, 2.24) is 19.7 Å². The number of amides is 1. The minimum absolute atomic E-state index is 0.0454. The lowest BCUT2D eigenvalue weighted by molar-refractivity contribution is -0.117. The summed E-state index contributed by atoms with van der Waals surface area (Å²) in [5.41, 5.74) is 9.37. The average molecular weight is 448 g/mol. The number of fused-ring (bicyclic) bond motifs is 2. The van der Waals surface area contributed by atoms with E-state index >= 15 is 0 Å². The van der Waals surface area contributed by atoms with Crippen molar-refractivity contribution in [3.05, 3.63) is 65.4 Å². The Kier molecular flexibility index (Phi) is 5.03. The van der Waals surface area contributed by atoms with E-state index in [9.17, 15) is 13.6 Å². The maximum absolute atomic E-state index is 14.0. The number of nitrogens with zero attached hydrogens (tertiary/aromatic N) is 5. The van der Waals surface area contributed by atoms with Crippen molar-refractivity contribution < 1.29 is 13.6 Å². The monoisotopic (exact) mass is 448 g/mol. The molecule has 0 bridgehead atoms. The Morgan fingerprint density at radius 1 is 1.15 bits per heavy atom. The van der Waals surface area contributed by atoms with Crippen LogP contribution in [0.5, 0.6) is 0 Å². The van der Waals surface area contributed by atoms with Crippen LogP contribution in [0.4, 0.5) is 20.3 Å². The van der Waals surface area contributed by atoms with E-state index in [0.717, 1.165) is 35.0 Å². The number of nitrogen functional groups attached to an aromatic ring is 1. The maximum atomic E-state index is 14.0. The van der Waals surface area contributed by atoms with Crippen LogP contribution in [0.25, 0.3) is 22.4 Å². The summed E-state index contributed by atoms with van der Waals surface area (Å²) in [5, 5.41) is 5.07. The summed E-state index contributed by atoms with van der Waals surface area (Å²) >= 11 is 0. The topological polar surface area (TPSA) is 89.9 Å². The molecule has 168 valence electrons. The van der Waals surface area contributed by atoms with Crippen molar-refractivity contribution in [1.29, 1.82) is 0 Å². The lowest BCUT2D eigenvalue weighted by Crippen LogP contribution is -2.30. The van der Waals surface area contributed by atoms with E-state index in [1.54, 1.807) is 15.8 Å². The van der Waals surface area contributed by atoms with Crippen LogP contribution in [0.3, 0.4) is 0 Å². The number of anilines is 2. The van der Waals surface area contributed by atoms with Gasteiger partial charge in [-0.05, 0) is 62.2 Å². The summed E-state index contributed by atoms with van der Waals surface area (Å²) in [6, 6.07) is 8.87. The Labute approximate surface area is 188 Å². The summed E-state index contributed by atoms with van der Waals surface area (Å²) in [5.74, 6) is -0.604. The van der Waals surface area contributed by atoms with Crippen molar-refractivity contribution in [3.8, 4) is 11.4 Å². The predicted octanol–water partition coefficient (Wildman–Crippen LogP) is 4.07. The molecule has 4 aromatic rings.